The first-order valence-electron chi connectivity index (χ1n) is 23.1. The number of anilines is 6. The fraction of sp³-hybridized carbons (Fsp3) is 0.396. The number of hydrogen-bond acceptors (Lipinski definition) is 16. The lowest BCUT2D eigenvalue weighted by Gasteiger charge is -2.35. The van der Waals surface area contributed by atoms with Gasteiger partial charge in [-0.3, -0.25) is 44.2 Å². The number of carbonyl (C=O) groups excluding carboxylic acids is 5. The van der Waals surface area contributed by atoms with Crippen molar-refractivity contribution in [1.29, 1.82) is 0 Å². The van der Waals surface area contributed by atoms with Gasteiger partial charge >= 0.3 is 0 Å². The Morgan fingerprint density at radius 2 is 1.65 bits per heavy atom. The number of ether oxygens (including phenoxy) is 1. The highest BCUT2D eigenvalue weighted by molar-refractivity contribution is 9.10. The van der Waals surface area contributed by atoms with Gasteiger partial charge in [-0.2, -0.15) is 4.98 Å². The van der Waals surface area contributed by atoms with Gasteiger partial charge in [-0.05, 0) is 103 Å². The zero-order valence-electron chi connectivity index (χ0n) is 38.8. The third kappa shape index (κ3) is 9.87. The van der Waals surface area contributed by atoms with Gasteiger partial charge in [0.1, 0.15) is 30.3 Å². The van der Waals surface area contributed by atoms with Crippen LogP contribution in [0.1, 0.15) is 65.3 Å². The van der Waals surface area contributed by atoms with E-state index in [1.54, 1.807) is 57.2 Å². The van der Waals surface area contributed by atoms with Crippen LogP contribution in [0.5, 0.6) is 5.75 Å². The first-order chi connectivity index (χ1) is 33.2. The Bertz CT molecular complexity index is 2930. The first-order valence-corrected chi connectivity index (χ1v) is 26.5. The molecule has 5 N–H and O–H groups in total. The average Bonchev–Trinajstić information content (AvgIpc) is 3.93. The van der Waals surface area contributed by atoms with Crippen LogP contribution in [-0.2, 0) is 25.4 Å². The van der Waals surface area contributed by atoms with Crippen molar-refractivity contribution in [3.63, 3.8) is 0 Å². The van der Waals surface area contributed by atoms with Crippen molar-refractivity contribution in [2.75, 3.05) is 80.1 Å². The van der Waals surface area contributed by atoms with Crippen molar-refractivity contribution >= 4 is 103 Å². The van der Waals surface area contributed by atoms with Gasteiger partial charge < -0.3 is 40.4 Å². The second kappa shape index (κ2) is 19.8. The predicted octanol–water partition coefficient (Wildman–Crippen LogP) is 5.09. The summed E-state index contributed by atoms with van der Waals surface area (Å²) in [5.41, 5.74) is 6.02. The van der Waals surface area contributed by atoms with E-state index < -0.39 is 36.8 Å². The van der Waals surface area contributed by atoms with Crippen LogP contribution in [0.4, 0.5) is 34.5 Å². The molecule has 19 nitrogen and oxygen atoms in total. The molecule has 21 heteroatoms. The summed E-state index contributed by atoms with van der Waals surface area (Å²) in [7, 11) is -1.15. The zero-order valence-corrected chi connectivity index (χ0v) is 41.3. The van der Waals surface area contributed by atoms with Crippen molar-refractivity contribution in [3.8, 4) is 5.75 Å². The molecule has 3 fully saturated rings. The van der Waals surface area contributed by atoms with Crippen LogP contribution in [0.15, 0.2) is 65.5 Å². The second-order valence-electron chi connectivity index (χ2n) is 18.0. The topological polar surface area (TPSA) is 233 Å². The van der Waals surface area contributed by atoms with Crippen molar-refractivity contribution < 1.29 is 33.3 Å². The molecule has 0 spiro atoms. The molecule has 1 unspecified atom stereocenters. The molecule has 360 valence electrons. The Kier molecular flexibility index (Phi) is 13.7. The lowest BCUT2D eigenvalue weighted by Crippen LogP contribution is -2.54. The van der Waals surface area contributed by atoms with E-state index in [9.17, 15) is 28.5 Å². The van der Waals surface area contributed by atoms with E-state index in [1.807, 2.05) is 17.0 Å². The summed E-state index contributed by atoms with van der Waals surface area (Å²) in [6.45, 7) is 9.46. The lowest BCUT2D eigenvalue weighted by molar-refractivity contribution is -0.136. The molecule has 0 bridgehead atoms. The summed E-state index contributed by atoms with van der Waals surface area (Å²) in [5.74, 6) is -0.946. The van der Waals surface area contributed by atoms with Crippen LogP contribution in [-0.4, -0.2) is 126 Å². The third-order valence-corrected chi connectivity index (χ3v) is 15.3. The highest BCUT2D eigenvalue weighted by Gasteiger charge is 2.45. The van der Waals surface area contributed by atoms with Gasteiger partial charge in [0, 0.05) is 87.8 Å². The van der Waals surface area contributed by atoms with E-state index in [0.29, 0.717) is 82.7 Å². The number of methoxy groups -OCH3 is 1. The van der Waals surface area contributed by atoms with Gasteiger partial charge in [0.15, 0.2) is 0 Å². The lowest BCUT2D eigenvalue weighted by atomic mass is 10.0. The first kappa shape index (κ1) is 47.6. The van der Waals surface area contributed by atoms with Gasteiger partial charge in [-0.15, -0.1) is 0 Å². The number of aryl methyl sites for hydroxylation is 1. The normalized spacial score (nSPS) is 18.7. The molecule has 2 atom stereocenters. The highest BCUT2D eigenvalue weighted by atomic mass is 79.9. The zero-order chi connectivity index (χ0) is 48.6. The van der Waals surface area contributed by atoms with Crippen molar-refractivity contribution in [1.82, 2.24) is 40.8 Å². The monoisotopic (exact) mass is 1020 g/mol. The minimum absolute atomic E-state index is 0.0234. The van der Waals surface area contributed by atoms with Gasteiger partial charge in [0.25, 0.3) is 11.8 Å². The molecule has 0 radical (unpaired) electrons. The summed E-state index contributed by atoms with van der Waals surface area (Å²) in [6, 6.07) is 12.1. The largest absolute Gasteiger partial charge is 0.494 e. The van der Waals surface area contributed by atoms with Crippen molar-refractivity contribution in [2.24, 2.45) is 5.92 Å². The number of nitrogens with zero attached hydrogens (tertiary/aromatic N) is 7. The van der Waals surface area contributed by atoms with Crippen molar-refractivity contribution in [3.05, 3.63) is 82.2 Å². The van der Waals surface area contributed by atoms with E-state index in [-0.39, 0.29) is 35.8 Å². The molecule has 0 aliphatic carbocycles. The van der Waals surface area contributed by atoms with Crippen LogP contribution in [0.25, 0.3) is 11.0 Å². The van der Waals surface area contributed by atoms with Crippen LogP contribution in [0, 0.1) is 5.92 Å². The SMILES string of the molecule is CCc1cc(Nc2ncc(Br)c(Nc3ccc4nccnc4c3P(C)(C)=O)n2)c(OC)cc1N1CCC(NCCNC(=O)[C@@H]2CCN(c3ccc4c(c3)C(=O)N(C3CCC(=O)NC3=O)C4=O)C2)CC1. The van der Waals surface area contributed by atoms with Gasteiger partial charge in [-0.1, -0.05) is 6.92 Å². The van der Waals surface area contributed by atoms with Crippen LogP contribution in [0.3, 0.4) is 0 Å². The maximum Gasteiger partial charge on any atom is 0.262 e. The number of aromatic nitrogens is 4. The molecule has 3 aromatic carbocycles. The molecule has 5 amide bonds. The summed E-state index contributed by atoms with van der Waals surface area (Å²) in [5, 5.41) is 16.3. The predicted molar refractivity (Wildman–Crippen MR) is 267 cm³/mol. The maximum atomic E-state index is 13.5. The van der Waals surface area contributed by atoms with E-state index in [2.05, 4.69) is 81.4 Å². The summed E-state index contributed by atoms with van der Waals surface area (Å²) < 4.78 is 20.1. The second-order valence-corrected chi connectivity index (χ2v) is 22.0. The summed E-state index contributed by atoms with van der Waals surface area (Å²) in [6.07, 6.45) is 8.31. The number of imide groups is 2. The Morgan fingerprint density at radius 3 is 2.41 bits per heavy atom. The van der Waals surface area contributed by atoms with Crippen molar-refractivity contribution in [2.45, 2.75) is 57.5 Å². The molecule has 0 saturated carbocycles. The number of halogens is 1. The quantitative estimate of drug-likeness (QED) is 0.0522. The molecule has 9 rings (SSSR count). The fourth-order valence-corrected chi connectivity index (χ4v) is 11.4. The maximum absolute atomic E-state index is 13.5. The summed E-state index contributed by atoms with van der Waals surface area (Å²) >= 11 is 3.58. The molecule has 6 heterocycles. The molecule has 4 aliphatic rings. The third-order valence-electron chi connectivity index (χ3n) is 13.2. The number of carbonyl (C=O) groups is 5. The average molecular weight is 1020 g/mol. The van der Waals surface area contributed by atoms with E-state index in [1.165, 1.54) is 0 Å². The van der Waals surface area contributed by atoms with Gasteiger partial charge in [-0.25, -0.2) is 4.98 Å². The van der Waals surface area contributed by atoms with Crippen LogP contribution >= 0.6 is 23.1 Å². The Hall–Kier alpha value is -6.50. The minimum Gasteiger partial charge on any atom is -0.494 e. The number of rotatable bonds is 15. The summed E-state index contributed by atoms with van der Waals surface area (Å²) in [4.78, 5) is 87.5. The molecule has 4 aliphatic heterocycles. The molecular weight excluding hydrogens is 967 g/mol. The highest BCUT2D eigenvalue weighted by Crippen LogP contribution is 2.42. The standard InChI is InChI=1S/C48H54BrN12O7P/c1-5-27-22-36(56-48-54-25-33(49)43(58-48)55-35-9-8-34-41(52-17-16-51-34)42(35)69(3,4)67)39(68-2)24-38(27)59-20-13-29(14-21-59)50-15-18-53-44(63)28-12-19-60(26-28)30-6-7-31-32(23-30)47(66)61(46(31)65)37-10-11-40(62)57-45(37)64/h6-9,16-17,22-25,28-29,37,50H,5,10-15,18-21,26H2,1-4H3,(H,53,63)(H,57,62,64)(H2,54,55,56,58)/t28-,37?/m1/s1. The van der Waals surface area contributed by atoms with Gasteiger partial charge in [0.05, 0.1) is 50.8 Å². The molecule has 69 heavy (non-hydrogen) atoms. The number of fused-ring (bicyclic) bond motifs is 2. The molecular formula is C48H54BrN12O7P. The Balaban J connectivity index is 0.756. The molecule has 5 aromatic rings. The van der Waals surface area contributed by atoms with E-state index in [4.69, 9.17) is 9.72 Å². The number of nitrogens with one attached hydrogen (secondary N) is 5. The Labute approximate surface area is 407 Å². The van der Waals surface area contributed by atoms with E-state index >= 15 is 0 Å². The van der Waals surface area contributed by atoms with Crippen LogP contribution < -0.4 is 46.4 Å². The number of benzene rings is 3. The van der Waals surface area contributed by atoms with E-state index in [0.717, 1.165) is 59.9 Å². The molecule has 2 aromatic heterocycles. The minimum atomic E-state index is -2.79. The molecule has 3 saturated heterocycles. The van der Waals surface area contributed by atoms with Crippen LogP contribution in [0.2, 0.25) is 0 Å². The Morgan fingerprint density at radius 1 is 0.884 bits per heavy atom. The number of hydrogen-bond donors (Lipinski definition) is 5. The number of amides is 5. The number of piperidine rings is 2. The smallest absolute Gasteiger partial charge is 0.262 e. The van der Waals surface area contributed by atoms with Gasteiger partial charge in [0.2, 0.25) is 23.7 Å². The fourth-order valence-electron chi connectivity index (χ4n) is 9.68.